The maximum absolute atomic E-state index is 13.0. The molecule has 2 aromatic rings. The Hall–Kier alpha value is -3.02. The van der Waals surface area contributed by atoms with Gasteiger partial charge in [0.2, 0.25) is 5.91 Å². The lowest BCUT2D eigenvalue weighted by molar-refractivity contribution is -0.142. The van der Waals surface area contributed by atoms with E-state index in [1.165, 1.54) is 0 Å². The molecule has 0 aromatic heterocycles. The summed E-state index contributed by atoms with van der Waals surface area (Å²) in [5.74, 6) is 0.920. The summed E-state index contributed by atoms with van der Waals surface area (Å²) in [5.41, 5.74) is 3.16. The molecule has 2 aromatic carbocycles. The van der Waals surface area contributed by atoms with Gasteiger partial charge in [0.15, 0.2) is 6.61 Å². The molecule has 30 heavy (non-hydrogen) atoms. The number of nitrogens with zero attached hydrogens (tertiary/aromatic N) is 1. The van der Waals surface area contributed by atoms with Crippen molar-refractivity contribution in [3.05, 3.63) is 59.2 Å². The summed E-state index contributed by atoms with van der Waals surface area (Å²) < 4.78 is 10.9. The lowest BCUT2D eigenvalue weighted by Gasteiger charge is -2.29. The second-order valence-electron chi connectivity index (χ2n) is 7.74. The van der Waals surface area contributed by atoms with E-state index in [-0.39, 0.29) is 24.5 Å². The molecule has 0 bridgehead atoms. The summed E-state index contributed by atoms with van der Waals surface area (Å²) in [6, 6.07) is 12.5. The Kier molecular flexibility index (Phi) is 8.27. The molecule has 0 aliphatic carbocycles. The molecule has 1 unspecified atom stereocenters. The smallest absolute Gasteiger partial charge is 0.261 e. The van der Waals surface area contributed by atoms with Gasteiger partial charge in [0.1, 0.15) is 17.5 Å². The Labute approximate surface area is 179 Å². The fourth-order valence-corrected chi connectivity index (χ4v) is 2.95. The van der Waals surface area contributed by atoms with E-state index in [4.69, 9.17) is 9.47 Å². The molecule has 0 saturated carbocycles. The SMILES string of the molecule is COc1ccc(CN(C(=O)COc2ccc(C)c(C)c2)C(C)C(=O)NC(C)C)cc1. The van der Waals surface area contributed by atoms with Crippen LogP contribution in [0.1, 0.15) is 37.5 Å². The largest absolute Gasteiger partial charge is 0.497 e. The Morgan fingerprint density at radius 3 is 2.17 bits per heavy atom. The quantitative estimate of drug-likeness (QED) is 0.683. The van der Waals surface area contributed by atoms with E-state index in [0.29, 0.717) is 12.3 Å². The zero-order valence-corrected chi connectivity index (χ0v) is 18.7. The van der Waals surface area contributed by atoms with E-state index in [0.717, 1.165) is 22.4 Å². The van der Waals surface area contributed by atoms with E-state index in [2.05, 4.69) is 5.32 Å². The van der Waals surface area contributed by atoms with Crippen molar-refractivity contribution in [3.63, 3.8) is 0 Å². The van der Waals surface area contributed by atoms with Gasteiger partial charge in [-0.15, -0.1) is 0 Å². The van der Waals surface area contributed by atoms with Crippen molar-refractivity contribution >= 4 is 11.8 Å². The molecule has 6 heteroatoms. The van der Waals surface area contributed by atoms with E-state index in [9.17, 15) is 9.59 Å². The zero-order valence-electron chi connectivity index (χ0n) is 18.7. The normalized spacial score (nSPS) is 11.7. The summed E-state index contributed by atoms with van der Waals surface area (Å²) >= 11 is 0. The minimum atomic E-state index is -0.634. The highest BCUT2D eigenvalue weighted by molar-refractivity contribution is 5.88. The summed E-state index contributed by atoms with van der Waals surface area (Å²) in [6.07, 6.45) is 0. The molecule has 0 saturated heterocycles. The number of ether oxygens (including phenoxy) is 2. The third kappa shape index (κ3) is 6.51. The highest BCUT2D eigenvalue weighted by Gasteiger charge is 2.27. The molecule has 1 atom stereocenters. The van der Waals surface area contributed by atoms with Crippen LogP contribution in [0.3, 0.4) is 0 Å². The molecule has 0 aliphatic heterocycles. The van der Waals surface area contributed by atoms with Gasteiger partial charge in [-0.3, -0.25) is 9.59 Å². The number of amides is 2. The third-order valence-corrected chi connectivity index (χ3v) is 4.95. The summed E-state index contributed by atoms with van der Waals surface area (Å²) in [5, 5.41) is 2.88. The minimum absolute atomic E-state index is 0.00956. The van der Waals surface area contributed by atoms with E-state index in [1.54, 1.807) is 18.9 Å². The van der Waals surface area contributed by atoms with Gasteiger partial charge in [-0.05, 0) is 75.6 Å². The molecule has 2 amide bonds. The number of aryl methyl sites for hydroxylation is 2. The van der Waals surface area contributed by atoms with Gasteiger partial charge in [0, 0.05) is 12.6 Å². The van der Waals surface area contributed by atoms with Crippen molar-refractivity contribution in [2.24, 2.45) is 0 Å². The molecule has 0 spiro atoms. The number of hydrogen-bond acceptors (Lipinski definition) is 4. The standard InChI is InChI=1S/C24H32N2O4/c1-16(2)25-24(28)19(5)26(14-20-8-11-21(29-6)12-9-20)23(27)15-30-22-10-7-17(3)18(4)13-22/h7-13,16,19H,14-15H2,1-6H3,(H,25,28). The van der Waals surface area contributed by atoms with Gasteiger partial charge in [-0.1, -0.05) is 18.2 Å². The molecule has 0 radical (unpaired) electrons. The van der Waals surface area contributed by atoms with Gasteiger partial charge in [0.05, 0.1) is 7.11 Å². The van der Waals surface area contributed by atoms with Crippen LogP contribution in [0.5, 0.6) is 11.5 Å². The molecule has 1 N–H and O–H groups in total. The highest BCUT2D eigenvalue weighted by Crippen LogP contribution is 2.18. The average Bonchev–Trinajstić information content (AvgIpc) is 2.72. The number of hydrogen-bond donors (Lipinski definition) is 1. The number of rotatable bonds is 9. The van der Waals surface area contributed by atoms with E-state index < -0.39 is 6.04 Å². The van der Waals surface area contributed by atoms with Crippen LogP contribution in [0.15, 0.2) is 42.5 Å². The molecule has 162 valence electrons. The molecule has 0 heterocycles. The first-order valence-corrected chi connectivity index (χ1v) is 10.1. The number of carbonyl (C=O) groups is 2. The van der Waals surface area contributed by atoms with Crippen LogP contribution in [0.2, 0.25) is 0 Å². The van der Waals surface area contributed by atoms with Gasteiger partial charge >= 0.3 is 0 Å². The van der Waals surface area contributed by atoms with Crippen molar-refractivity contribution in [2.75, 3.05) is 13.7 Å². The monoisotopic (exact) mass is 412 g/mol. The Morgan fingerprint density at radius 2 is 1.60 bits per heavy atom. The predicted octanol–water partition coefficient (Wildman–Crippen LogP) is 3.63. The maximum atomic E-state index is 13.0. The first-order chi connectivity index (χ1) is 14.2. The van der Waals surface area contributed by atoms with Crippen LogP contribution < -0.4 is 14.8 Å². The topological polar surface area (TPSA) is 67.9 Å². The van der Waals surface area contributed by atoms with Gasteiger partial charge in [0.25, 0.3) is 5.91 Å². The maximum Gasteiger partial charge on any atom is 0.261 e. The Bertz CT molecular complexity index is 862. The molecular weight excluding hydrogens is 380 g/mol. The van der Waals surface area contributed by atoms with E-state index >= 15 is 0 Å². The summed E-state index contributed by atoms with van der Waals surface area (Å²) in [4.78, 5) is 27.1. The number of methoxy groups -OCH3 is 1. The fourth-order valence-electron chi connectivity index (χ4n) is 2.95. The average molecular weight is 413 g/mol. The Morgan fingerprint density at radius 1 is 0.967 bits per heavy atom. The lowest BCUT2D eigenvalue weighted by Crippen LogP contribution is -2.50. The summed E-state index contributed by atoms with van der Waals surface area (Å²) in [7, 11) is 1.60. The van der Waals surface area contributed by atoms with Crippen molar-refractivity contribution in [1.82, 2.24) is 10.2 Å². The van der Waals surface area contributed by atoms with Crippen molar-refractivity contribution < 1.29 is 19.1 Å². The molecular formula is C24H32N2O4. The van der Waals surface area contributed by atoms with Crippen LogP contribution in [0.4, 0.5) is 0 Å². The lowest BCUT2D eigenvalue weighted by atomic mass is 10.1. The van der Waals surface area contributed by atoms with Crippen LogP contribution in [-0.2, 0) is 16.1 Å². The van der Waals surface area contributed by atoms with Gasteiger partial charge in [-0.25, -0.2) is 0 Å². The van der Waals surface area contributed by atoms with Crippen LogP contribution in [-0.4, -0.2) is 42.5 Å². The van der Waals surface area contributed by atoms with Crippen LogP contribution in [0.25, 0.3) is 0 Å². The minimum Gasteiger partial charge on any atom is -0.497 e. The Balaban J connectivity index is 2.16. The third-order valence-electron chi connectivity index (χ3n) is 4.95. The second-order valence-corrected chi connectivity index (χ2v) is 7.74. The van der Waals surface area contributed by atoms with Gasteiger partial charge in [-0.2, -0.15) is 0 Å². The highest BCUT2D eigenvalue weighted by atomic mass is 16.5. The first-order valence-electron chi connectivity index (χ1n) is 10.1. The number of carbonyl (C=O) groups excluding carboxylic acids is 2. The van der Waals surface area contributed by atoms with Crippen LogP contribution in [0, 0.1) is 13.8 Å². The van der Waals surface area contributed by atoms with Crippen LogP contribution >= 0.6 is 0 Å². The molecule has 6 nitrogen and oxygen atoms in total. The van der Waals surface area contributed by atoms with Gasteiger partial charge < -0.3 is 19.7 Å². The predicted molar refractivity (Wildman–Crippen MR) is 118 cm³/mol. The fraction of sp³-hybridized carbons (Fsp3) is 0.417. The van der Waals surface area contributed by atoms with Crippen molar-refractivity contribution in [2.45, 2.75) is 53.2 Å². The zero-order chi connectivity index (χ0) is 22.3. The van der Waals surface area contributed by atoms with Crippen molar-refractivity contribution in [1.29, 1.82) is 0 Å². The summed E-state index contributed by atoms with van der Waals surface area (Å²) in [6.45, 7) is 9.69. The number of benzene rings is 2. The first kappa shape index (κ1) is 23.3. The molecule has 2 rings (SSSR count). The van der Waals surface area contributed by atoms with E-state index in [1.807, 2.05) is 70.2 Å². The molecule has 0 aliphatic rings. The molecule has 0 fully saturated rings. The van der Waals surface area contributed by atoms with Crippen molar-refractivity contribution in [3.8, 4) is 11.5 Å². The second kappa shape index (κ2) is 10.7. The number of nitrogens with one attached hydrogen (secondary N) is 1.